The Labute approximate surface area is 118 Å². The predicted molar refractivity (Wildman–Crippen MR) is 70.9 cm³/mol. The van der Waals surface area contributed by atoms with Crippen LogP contribution in [-0.2, 0) is 19.7 Å². The summed E-state index contributed by atoms with van der Waals surface area (Å²) in [6.45, 7) is 0.776. The zero-order valence-corrected chi connectivity index (χ0v) is 12.5. The van der Waals surface area contributed by atoms with Crippen LogP contribution in [0, 0.1) is 5.92 Å². The van der Waals surface area contributed by atoms with E-state index in [-0.39, 0.29) is 25.0 Å². The van der Waals surface area contributed by atoms with E-state index in [1.165, 1.54) is 18.3 Å². The van der Waals surface area contributed by atoms with Crippen LogP contribution in [0.25, 0.3) is 0 Å². The first kappa shape index (κ1) is 17.3. The van der Waals surface area contributed by atoms with Gasteiger partial charge in [-0.3, -0.25) is 4.79 Å². The maximum Gasteiger partial charge on any atom is 0.308 e. The van der Waals surface area contributed by atoms with Gasteiger partial charge in [0.15, 0.2) is 0 Å². The van der Waals surface area contributed by atoms with Crippen molar-refractivity contribution in [3.63, 3.8) is 0 Å². The summed E-state index contributed by atoms with van der Waals surface area (Å²) < 4.78 is 32.4. The Morgan fingerprint density at radius 3 is 2.25 bits per heavy atom. The number of ether oxygens (including phenoxy) is 1. The van der Waals surface area contributed by atoms with Gasteiger partial charge in [-0.2, -0.15) is 17.4 Å². The van der Waals surface area contributed by atoms with Gasteiger partial charge < -0.3 is 14.9 Å². The van der Waals surface area contributed by atoms with Crippen LogP contribution in [0.1, 0.15) is 19.8 Å². The maximum atomic E-state index is 12.1. The van der Waals surface area contributed by atoms with Crippen molar-refractivity contribution in [2.24, 2.45) is 5.92 Å². The second kappa shape index (κ2) is 6.81. The molecule has 0 aromatic heterocycles. The normalized spacial score (nSPS) is 19.0. The molecule has 1 fully saturated rings. The average Bonchev–Trinajstić information content (AvgIpc) is 2.46. The number of hydrogen-bond donors (Lipinski definition) is 3. The lowest BCUT2D eigenvalue weighted by Crippen LogP contribution is -2.57. The molecule has 0 atom stereocenters. The lowest BCUT2D eigenvalue weighted by Gasteiger charge is -2.33. The number of piperidine rings is 1. The second-order valence-corrected chi connectivity index (χ2v) is 6.85. The molecule has 0 radical (unpaired) electrons. The summed E-state index contributed by atoms with van der Waals surface area (Å²) in [5.74, 6) is -0.612. The van der Waals surface area contributed by atoms with Crippen LogP contribution in [0.15, 0.2) is 0 Å². The van der Waals surface area contributed by atoms with E-state index >= 15 is 0 Å². The molecule has 1 rings (SSSR count). The number of rotatable bonds is 6. The van der Waals surface area contributed by atoms with Gasteiger partial charge in [0, 0.05) is 13.1 Å². The fourth-order valence-electron chi connectivity index (χ4n) is 1.99. The van der Waals surface area contributed by atoms with Crippen molar-refractivity contribution >= 4 is 16.2 Å². The number of nitrogens with one attached hydrogen (secondary N) is 1. The average molecular weight is 310 g/mol. The van der Waals surface area contributed by atoms with Gasteiger partial charge in [0.1, 0.15) is 0 Å². The van der Waals surface area contributed by atoms with Gasteiger partial charge >= 0.3 is 5.97 Å². The third-order valence-corrected chi connectivity index (χ3v) is 5.20. The molecule has 1 saturated heterocycles. The van der Waals surface area contributed by atoms with Crippen LogP contribution >= 0.6 is 0 Å². The molecule has 1 aliphatic heterocycles. The minimum Gasteiger partial charge on any atom is -0.469 e. The number of esters is 1. The number of aliphatic hydroxyl groups is 2. The Morgan fingerprint density at radius 2 is 1.85 bits per heavy atom. The molecule has 0 aromatic carbocycles. The second-order valence-electron chi connectivity index (χ2n) is 5.18. The van der Waals surface area contributed by atoms with Gasteiger partial charge in [-0.05, 0) is 19.8 Å². The van der Waals surface area contributed by atoms with Gasteiger partial charge in [0.25, 0.3) is 10.2 Å². The quantitative estimate of drug-likeness (QED) is 0.511. The molecule has 0 spiro atoms. The fraction of sp³-hybridized carbons (Fsp3) is 0.909. The van der Waals surface area contributed by atoms with Crippen molar-refractivity contribution in [3.8, 4) is 0 Å². The Bertz CT molecular complexity index is 426. The fourth-order valence-corrected chi connectivity index (χ4v) is 3.56. The zero-order chi connectivity index (χ0) is 15.4. The lowest BCUT2D eigenvalue weighted by atomic mass is 9.99. The summed E-state index contributed by atoms with van der Waals surface area (Å²) in [5, 5.41) is 18.3. The van der Waals surface area contributed by atoms with E-state index in [0.717, 1.165) is 0 Å². The lowest BCUT2D eigenvalue weighted by molar-refractivity contribution is -0.146. The van der Waals surface area contributed by atoms with Crippen LogP contribution < -0.4 is 4.72 Å². The summed E-state index contributed by atoms with van der Waals surface area (Å²) in [6.07, 6.45) is 0.783. The van der Waals surface area contributed by atoms with Crippen LogP contribution in [0.2, 0.25) is 0 Å². The molecule has 8 nitrogen and oxygen atoms in total. The summed E-state index contributed by atoms with van der Waals surface area (Å²) in [7, 11) is -2.50. The minimum absolute atomic E-state index is 0.196. The van der Waals surface area contributed by atoms with E-state index in [1.54, 1.807) is 0 Å². The Morgan fingerprint density at radius 1 is 1.35 bits per heavy atom. The van der Waals surface area contributed by atoms with Gasteiger partial charge in [-0.1, -0.05) is 0 Å². The van der Waals surface area contributed by atoms with E-state index in [1.807, 2.05) is 0 Å². The van der Waals surface area contributed by atoms with Gasteiger partial charge in [0.2, 0.25) is 0 Å². The standard InChI is InChI=1S/C11H22N2O6S/c1-11(7-14,8-15)12-20(17,18)13-5-3-9(4-6-13)10(16)19-2/h9,12,14-15H,3-8H2,1-2H3. The molecule has 0 amide bonds. The molecular formula is C11H22N2O6S. The van der Waals surface area contributed by atoms with Crippen LogP contribution in [0.5, 0.6) is 0 Å². The van der Waals surface area contributed by atoms with Crippen LogP contribution in [-0.4, -0.2) is 67.9 Å². The number of carbonyl (C=O) groups is 1. The van der Waals surface area contributed by atoms with Crippen molar-refractivity contribution in [2.45, 2.75) is 25.3 Å². The predicted octanol–water partition coefficient (Wildman–Crippen LogP) is -1.55. The number of carbonyl (C=O) groups excluding carboxylic acids is 1. The number of hydrogen-bond acceptors (Lipinski definition) is 6. The van der Waals surface area contributed by atoms with Crippen LogP contribution in [0.4, 0.5) is 0 Å². The highest BCUT2D eigenvalue weighted by molar-refractivity contribution is 7.87. The number of methoxy groups -OCH3 is 1. The molecule has 118 valence electrons. The van der Waals surface area contributed by atoms with E-state index in [0.29, 0.717) is 12.8 Å². The zero-order valence-electron chi connectivity index (χ0n) is 11.7. The summed E-state index contributed by atoms with van der Waals surface area (Å²) in [4.78, 5) is 11.4. The highest BCUT2D eigenvalue weighted by Gasteiger charge is 2.35. The molecule has 0 bridgehead atoms. The third-order valence-electron chi connectivity index (χ3n) is 3.40. The molecule has 0 unspecified atom stereocenters. The van der Waals surface area contributed by atoms with Crippen LogP contribution in [0.3, 0.4) is 0 Å². The molecule has 0 aromatic rings. The molecule has 3 N–H and O–H groups in total. The molecule has 0 saturated carbocycles. The van der Waals surface area contributed by atoms with Crippen molar-refractivity contribution in [1.82, 2.24) is 9.03 Å². The Balaban J connectivity index is 2.66. The summed E-state index contributed by atoms with van der Waals surface area (Å²) >= 11 is 0. The van der Waals surface area contributed by atoms with Crippen molar-refractivity contribution in [1.29, 1.82) is 0 Å². The molecule has 0 aliphatic carbocycles. The largest absolute Gasteiger partial charge is 0.469 e. The molecule has 1 aliphatic rings. The number of aliphatic hydroxyl groups excluding tert-OH is 2. The maximum absolute atomic E-state index is 12.1. The van der Waals surface area contributed by atoms with Crippen molar-refractivity contribution in [2.75, 3.05) is 33.4 Å². The Hall–Kier alpha value is -0.740. The summed E-state index contributed by atoms with van der Waals surface area (Å²) in [6, 6.07) is 0. The first-order chi connectivity index (χ1) is 9.28. The molecular weight excluding hydrogens is 288 g/mol. The van der Waals surface area contributed by atoms with Crippen molar-refractivity contribution in [3.05, 3.63) is 0 Å². The Kier molecular flexibility index (Phi) is 5.90. The molecule has 1 heterocycles. The van der Waals surface area contributed by atoms with Gasteiger partial charge in [0.05, 0.1) is 31.8 Å². The van der Waals surface area contributed by atoms with E-state index in [4.69, 9.17) is 10.2 Å². The monoisotopic (exact) mass is 310 g/mol. The minimum atomic E-state index is -3.81. The smallest absolute Gasteiger partial charge is 0.308 e. The van der Waals surface area contributed by atoms with E-state index < -0.39 is 29.0 Å². The van der Waals surface area contributed by atoms with Gasteiger partial charge in [-0.25, -0.2) is 0 Å². The number of nitrogens with zero attached hydrogens (tertiary/aromatic N) is 1. The third kappa shape index (κ3) is 4.13. The first-order valence-corrected chi connectivity index (χ1v) is 7.80. The van der Waals surface area contributed by atoms with E-state index in [9.17, 15) is 13.2 Å². The van der Waals surface area contributed by atoms with Crippen molar-refractivity contribution < 1.29 is 28.2 Å². The first-order valence-electron chi connectivity index (χ1n) is 6.36. The molecule has 20 heavy (non-hydrogen) atoms. The SMILES string of the molecule is COC(=O)C1CCN(S(=O)(=O)NC(C)(CO)CO)CC1. The summed E-state index contributed by atoms with van der Waals surface area (Å²) in [5.41, 5.74) is -1.31. The van der Waals surface area contributed by atoms with E-state index in [2.05, 4.69) is 9.46 Å². The van der Waals surface area contributed by atoms with Gasteiger partial charge in [-0.15, -0.1) is 0 Å². The highest BCUT2D eigenvalue weighted by Crippen LogP contribution is 2.21. The highest BCUT2D eigenvalue weighted by atomic mass is 32.2. The molecule has 9 heteroatoms. The topological polar surface area (TPSA) is 116 Å².